The maximum atomic E-state index is 6.20. The standard InChI is InChI=1S/C12H10BrClN6/c1-15-12-19-10-9(16-5-17-10)11(20-12)18-8-3-2-6(13)4-7(8)14/h2-5H,1H3,(H3,15,16,17,18,19,20). The lowest BCUT2D eigenvalue weighted by Gasteiger charge is -2.09. The van der Waals surface area contributed by atoms with Gasteiger partial charge in [-0.05, 0) is 18.2 Å². The molecule has 0 aliphatic heterocycles. The van der Waals surface area contributed by atoms with Gasteiger partial charge in [0.15, 0.2) is 11.5 Å². The van der Waals surface area contributed by atoms with Crippen molar-refractivity contribution in [1.82, 2.24) is 19.9 Å². The van der Waals surface area contributed by atoms with E-state index in [1.54, 1.807) is 13.4 Å². The Hall–Kier alpha value is -1.86. The number of H-pyrrole nitrogens is 1. The summed E-state index contributed by atoms with van der Waals surface area (Å²) in [7, 11) is 1.75. The van der Waals surface area contributed by atoms with Gasteiger partial charge in [-0.25, -0.2) is 4.98 Å². The van der Waals surface area contributed by atoms with Crippen molar-refractivity contribution in [2.24, 2.45) is 0 Å². The fraction of sp³-hybridized carbons (Fsp3) is 0.0833. The second kappa shape index (κ2) is 5.26. The highest BCUT2D eigenvalue weighted by atomic mass is 79.9. The number of imidazole rings is 1. The first kappa shape index (κ1) is 13.1. The molecule has 6 nitrogen and oxygen atoms in total. The summed E-state index contributed by atoms with van der Waals surface area (Å²) in [6.45, 7) is 0. The lowest BCUT2D eigenvalue weighted by Crippen LogP contribution is -2.02. The Bertz CT molecular complexity index is 772. The van der Waals surface area contributed by atoms with Gasteiger partial charge in [0.1, 0.15) is 5.52 Å². The minimum Gasteiger partial charge on any atom is -0.357 e. The zero-order valence-electron chi connectivity index (χ0n) is 10.4. The van der Waals surface area contributed by atoms with Crippen LogP contribution in [0.15, 0.2) is 29.0 Å². The van der Waals surface area contributed by atoms with Crippen LogP contribution in [-0.4, -0.2) is 27.0 Å². The van der Waals surface area contributed by atoms with Crippen LogP contribution in [-0.2, 0) is 0 Å². The number of hydrogen-bond donors (Lipinski definition) is 3. The molecule has 102 valence electrons. The van der Waals surface area contributed by atoms with Gasteiger partial charge < -0.3 is 15.6 Å². The van der Waals surface area contributed by atoms with Crippen LogP contribution in [0.2, 0.25) is 5.02 Å². The molecule has 3 aromatic rings. The number of fused-ring (bicyclic) bond motifs is 1. The highest BCUT2D eigenvalue weighted by Gasteiger charge is 2.11. The molecule has 2 aromatic heterocycles. The lowest BCUT2D eigenvalue weighted by atomic mass is 10.3. The van der Waals surface area contributed by atoms with Crippen LogP contribution in [0.4, 0.5) is 17.5 Å². The average Bonchev–Trinajstić information content (AvgIpc) is 2.90. The second-order valence-corrected chi connectivity index (χ2v) is 5.32. The predicted molar refractivity (Wildman–Crippen MR) is 83.7 cm³/mol. The number of aromatic nitrogens is 4. The molecular weight excluding hydrogens is 344 g/mol. The summed E-state index contributed by atoms with van der Waals surface area (Å²) in [4.78, 5) is 15.8. The first-order chi connectivity index (χ1) is 9.67. The summed E-state index contributed by atoms with van der Waals surface area (Å²) in [5, 5.41) is 6.68. The Kier molecular flexibility index (Phi) is 3.45. The topological polar surface area (TPSA) is 78.5 Å². The molecule has 0 unspecified atom stereocenters. The van der Waals surface area contributed by atoms with Crippen molar-refractivity contribution in [3.05, 3.63) is 34.0 Å². The van der Waals surface area contributed by atoms with E-state index in [-0.39, 0.29) is 0 Å². The smallest absolute Gasteiger partial charge is 0.226 e. The molecular formula is C12H10BrClN6. The fourth-order valence-corrected chi connectivity index (χ4v) is 2.47. The normalized spacial score (nSPS) is 10.8. The number of anilines is 3. The number of halogens is 2. The first-order valence-corrected chi connectivity index (χ1v) is 6.95. The molecule has 0 spiro atoms. The van der Waals surface area contributed by atoms with Gasteiger partial charge >= 0.3 is 0 Å². The molecule has 3 N–H and O–H groups in total. The monoisotopic (exact) mass is 352 g/mol. The summed E-state index contributed by atoms with van der Waals surface area (Å²) in [6, 6.07) is 5.59. The van der Waals surface area contributed by atoms with E-state index in [0.29, 0.717) is 22.4 Å². The van der Waals surface area contributed by atoms with E-state index in [1.165, 1.54) is 0 Å². The molecule has 0 fully saturated rings. The molecule has 0 amide bonds. The van der Waals surface area contributed by atoms with Crippen LogP contribution in [0.3, 0.4) is 0 Å². The molecule has 0 saturated carbocycles. The van der Waals surface area contributed by atoms with Crippen LogP contribution >= 0.6 is 27.5 Å². The van der Waals surface area contributed by atoms with Crippen LogP contribution in [0.5, 0.6) is 0 Å². The van der Waals surface area contributed by atoms with Crippen LogP contribution in [0, 0.1) is 0 Å². The number of nitrogens with zero attached hydrogens (tertiary/aromatic N) is 3. The van der Waals surface area contributed by atoms with E-state index in [0.717, 1.165) is 15.7 Å². The van der Waals surface area contributed by atoms with Gasteiger partial charge in [-0.15, -0.1) is 0 Å². The summed E-state index contributed by atoms with van der Waals surface area (Å²) >= 11 is 9.57. The Balaban J connectivity index is 2.07. The van der Waals surface area contributed by atoms with Crippen molar-refractivity contribution >= 4 is 56.1 Å². The molecule has 0 aliphatic rings. The van der Waals surface area contributed by atoms with E-state index in [2.05, 4.69) is 46.5 Å². The third-order valence-corrected chi connectivity index (χ3v) is 3.50. The molecule has 20 heavy (non-hydrogen) atoms. The molecule has 0 saturated heterocycles. The molecule has 0 radical (unpaired) electrons. The number of benzene rings is 1. The van der Waals surface area contributed by atoms with Gasteiger partial charge in [0.2, 0.25) is 5.95 Å². The van der Waals surface area contributed by atoms with Crippen molar-refractivity contribution in [2.75, 3.05) is 17.7 Å². The molecule has 0 aliphatic carbocycles. The summed E-state index contributed by atoms with van der Waals surface area (Å²) in [5.74, 6) is 1.10. The number of nitrogens with one attached hydrogen (secondary N) is 3. The highest BCUT2D eigenvalue weighted by Crippen LogP contribution is 2.30. The highest BCUT2D eigenvalue weighted by molar-refractivity contribution is 9.10. The van der Waals surface area contributed by atoms with E-state index >= 15 is 0 Å². The maximum Gasteiger partial charge on any atom is 0.226 e. The van der Waals surface area contributed by atoms with Crippen molar-refractivity contribution in [3.63, 3.8) is 0 Å². The molecule has 8 heteroatoms. The second-order valence-electron chi connectivity index (χ2n) is 4.00. The van der Waals surface area contributed by atoms with Gasteiger partial charge in [-0.3, -0.25) is 0 Å². The van der Waals surface area contributed by atoms with E-state index in [9.17, 15) is 0 Å². The zero-order chi connectivity index (χ0) is 14.1. The van der Waals surface area contributed by atoms with Crippen molar-refractivity contribution in [3.8, 4) is 0 Å². The summed E-state index contributed by atoms with van der Waals surface area (Å²) < 4.78 is 0.915. The minimum atomic E-state index is 0.486. The van der Waals surface area contributed by atoms with Gasteiger partial charge in [0.05, 0.1) is 17.0 Å². The largest absolute Gasteiger partial charge is 0.357 e. The number of aromatic amines is 1. The van der Waals surface area contributed by atoms with Crippen molar-refractivity contribution in [2.45, 2.75) is 0 Å². The zero-order valence-corrected chi connectivity index (χ0v) is 12.7. The Morgan fingerprint density at radius 3 is 2.90 bits per heavy atom. The van der Waals surface area contributed by atoms with E-state index in [1.807, 2.05) is 18.2 Å². The third kappa shape index (κ3) is 2.41. The van der Waals surface area contributed by atoms with Gasteiger partial charge in [-0.1, -0.05) is 27.5 Å². The predicted octanol–water partition coefficient (Wildman–Crippen LogP) is 3.55. The lowest BCUT2D eigenvalue weighted by molar-refractivity contribution is 1.18. The van der Waals surface area contributed by atoms with Crippen molar-refractivity contribution in [1.29, 1.82) is 0 Å². The number of rotatable bonds is 3. The third-order valence-electron chi connectivity index (χ3n) is 2.69. The summed E-state index contributed by atoms with van der Waals surface area (Å²) in [5.41, 5.74) is 2.06. The Morgan fingerprint density at radius 1 is 1.30 bits per heavy atom. The van der Waals surface area contributed by atoms with Crippen LogP contribution in [0.1, 0.15) is 0 Å². The summed E-state index contributed by atoms with van der Waals surface area (Å²) in [6.07, 6.45) is 1.58. The van der Waals surface area contributed by atoms with Gasteiger partial charge in [0.25, 0.3) is 0 Å². The number of hydrogen-bond acceptors (Lipinski definition) is 5. The minimum absolute atomic E-state index is 0.486. The van der Waals surface area contributed by atoms with E-state index < -0.39 is 0 Å². The Labute approximate surface area is 128 Å². The first-order valence-electron chi connectivity index (χ1n) is 5.78. The van der Waals surface area contributed by atoms with Crippen LogP contribution in [0.25, 0.3) is 11.2 Å². The van der Waals surface area contributed by atoms with Crippen LogP contribution < -0.4 is 10.6 Å². The molecule has 0 bridgehead atoms. The fourth-order valence-electron chi connectivity index (χ4n) is 1.75. The quantitative estimate of drug-likeness (QED) is 0.671. The van der Waals surface area contributed by atoms with Crippen molar-refractivity contribution < 1.29 is 0 Å². The average molecular weight is 354 g/mol. The van der Waals surface area contributed by atoms with Gasteiger partial charge in [0, 0.05) is 11.5 Å². The molecule has 0 atom stereocenters. The SMILES string of the molecule is CNc1nc(Nc2ccc(Br)cc2Cl)c2[nH]cnc2n1. The Morgan fingerprint density at radius 2 is 2.15 bits per heavy atom. The molecule has 2 heterocycles. The molecule has 1 aromatic carbocycles. The maximum absolute atomic E-state index is 6.20. The molecule has 3 rings (SSSR count). The van der Waals surface area contributed by atoms with Gasteiger partial charge in [-0.2, -0.15) is 9.97 Å². The van der Waals surface area contributed by atoms with E-state index in [4.69, 9.17) is 11.6 Å².